The van der Waals surface area contributed by atoms with E-state index in [9.17, 15) is 4.79 Å². The fourth-order valence-corrected chi connectivity index (χ4v) is 3.52. The van der Waals surface area contributed by atoms with Gasteiger partial charge in [0.05, 0.1) is 17.7 Å². The fraction of sp³-hybridized carbons (Fsp3) is 0.333. The molecule has 1 aliphatic rings. The van der Waals surface area contributed by atoms with Crippen molar-refractivity contribution >= 4 is 28.9 Å². The van der Waals surface area contributed by atoms with E-state index in [0.29, 0.717) is 11.3 Å². The number of amides is 1. The van der Waals surface area contributed by atoms with Crippen molar-refractivity contribution in [1.82, 2.24) is 4.90 Å². The Hall–Kier alpha value is -2.55. The van der Waals surface area contributed by atoms with Gasteiger partial charge in [-0.25, -0.2) is 0 Å². The van der Waals surface area contributed by atoms with Crippen molar-refractivity contribution < 1.29 is 4.79 Å². The second-order valence-corrected chi connectivity index (χ2v) is 7.25. The number of benzene rings is 2. The number of nitrogens with zero attached hydrogens (tertiary/aromatic N) is 3. The second kappa shape index (κ2) is 8.43. The van der Waals surface area contributed by atoms with Crippen LogP contribution in [0.3, 0.4) is 0 Å². The van der Waals surface area contributed by atoms with Gasteiger partial charge in [-0.3, -0.25) is 9.69 Å². The molecular weight excluding hydrogens is 360 g/mol. The molecule has 6 heteroatoms. The zero-order valence-corrected chi connectivity index (χ0v) is 16.3. The quantitative estimate of drug-likeness (QED) is 0.876. The summed E-state index contributed by atoms with van der Waals surface area (Å²) < 4.78 is 0. The number of carbonyl (C=O) groups excluding carboxylic acids is 1. The van der Waals surface area contributed by atoms with E-state index >= 15 is 0 Å². The van der Waals surface area contributed by atoms with Crippen LogP contribution < -0.4 is 10.2 Å². The fourth-order valence-electron chi connectivity index (χ4n) is 3.35. The number of hydrogen-bond acceptors (Lipinski definition) is 4. The summed E-state index contributed by atoms with van der Waals surface area (Å²) in [5.74, 6) is -0.0579. The lowest BCUT2D eigenvalue weighted by Gasteiger charge is -2.39. The molecule has 0 aromatic heterocycles. The third-order valence-corrected chi connectivity index (χ3v) is 5.25. The maximum atomic E-state index is 12.6. The van der Waals surface area contributed by atoms with Gasteiger partial charge in [-0.2, -0.15) is 5.26 Å². The Balaban J connectivity index is 1.59. The Morgan fingerprint density at radius 3 is 2.63 bits per heavy atom. The zero-order valence-electron chi connectivity index (χ0n) is 15.6. The van der Waals surface area contributed by atoms with Crippen molar-refractivity contribution in [2.45, 2.75) is 19.9 Å². The number of piperazine rings is 1. The molecule has 1 aliphatic heterocycles. The van der Waals surface area contributed by atoms with Crippen LogP contribution in [-0.4, -0.2) is 43.0 Å². The Kier molecular flexibility index (Phi) is 6.00. The number of nitrogens with one attached hydrogen (secondary N) is 1. The largest absolute Gasteiger partial charge is 0.369 e. The lowest BCUT2D eigenvalue weighted by atomic mass is 10.1. The SMILES string of the molecule is Cc1ccc(Cl)cc1N1CCN([C@@H](C)C(=O)Nc2cccc(C#N)c2)CC1. The van der Waals surface area contributed by atoms with Gasteiger partial charge in [0.2, 0.25) is 5.91 Å². The van der Waals surface area contributed by atoms with Crippen molar-refractivity contribution in [3.05, 3.63) is 58.6 Å². The summed E-state index contributed by atoms with van der Waals surface area (Å²) in [6, 6.07) is 14.8. The summed E-state index contributed by atoms with van der Waals surface area (Å²) in [5.41, 5.74) is 3.55. The molecule has 1 fully saturated rings. The van der Waals surface area contributed by atoms with Gasteiger partial charge >= 0.3 is 0 Å². The monoisotopic (exact) mass is 382 g/mol. The van der Waals surface area contributed by atoms with Crippen molar-refractivity contribution in [3.8, 4) is 6.07 Å². The van der Waals surface area contributed by atoms with E-state index in [2.05, 4.69) is 28.1 Å². The first-order chi connectivity index (χ1) is 13.0. The summed E-state index contributed by atoms with van der Waals surface area (Å²) in [7, 11) is 0. The minimum Gasteiger partial charge on any atom is -0.369 e. The van der Waals surface area contributed by atoms with Crippen molar-refractivity contribution in [2.75, 3.05) is 36.4 Å². The van der Waals surface area contributed by atoms with Crippen LogP contribution in [0.4, 0.5) is 11.4 Å². The van der Waals surface area contributed by atoms with Crippen LogP contribution in [0.15, 0.2) is 42.5 Å². The van der Waals surface area contributed by atoms with Crippen LogP contribution in [0.25, 0.3) is 0 Å². The zero-order chi connectivity index (χ0) is 19.4. The van der Waals surface area contributed by atoms with E-state index in [-0.39, 0.29) is 11.9 Å². The summed E-state index contributed by atoms with van der Waals surface area (Å²) in [5, 5.41) is 12.6. The molecule has 140 valence electrons. The molecule has 0 aliphatic carbocycles. The van der Waals surface area contributed by atoms with E-state index < -0.39 is 0 Å². The van der Waals surface area contributed by atoms with Gasteiger partial charge in [-0.05, 0) is 49.7 Å². The average molecular weight is 383 g/mol. The average Bonchev–Trinajstić information content (AvgIpc) is 2.69. The standard InChI is InChI=1S/C21H23ClN4O/c1-15-6-7-18(22)13-20(15)26-10-8-25(9-11-26)16(2)21(27)24-19-5-3-4-17(12-19)14-23/h3-7,12-13,16H,8-11H2,1-2H3,(H,24,27)/t16-/m0/s1. The maximum absolute atomic E-state index is 12.6. The van der Waals surface area contributed by atoms with Gasteiger partial charge in [0, 0.05) is 42.6 Å². The highest BCUT2D eigenvalue weighted by Crippen LogP contribution is 2.25. The van der Waals surface area contributed by atoms with Crippen LogP contribution >= 0.6 is 11.6 Å². The topological polar surface area (TPSA) is 59.4 Å². The minimum atomic E-state index is -0.238. The molecule has 1 saturated heterocycles. The van der Waals surface area contributed by atoms with Gasteiger partial charge in [0.15, 0.2) is 0 Å². The summed E-state index contributed by atoms with van der Waals surface area (Å²) in [4.78, 5) is 17.1. The minimum absolute atomic E-state index is 0.0579. The number of hydrogen-bond donors (Lipinski definition) is 1. The second-order valence-electron chi connectivity index (χ2n) is 6.81. The summed E-state index contributed by atoms with van der Waals surface area (Å²) in [6.07, 6.45) is 0. The number of halogens is 1. The Bertz CT molecular complexity index is 869. The summed E-state index contributed by atoms with van der Waals surface area (Å²) >= 11 is 6.15. The third kappa shape index (κ3) is 4.60. The highest BCUT2D eigenvalue weighted by Gasteiger charge is 2.26. The van der Waals surface area contributed by atoms with E-state index in [1.807, 2.05) is 25.1 Å². The third-order valence-electron chi connectivity index (χ3n) is 5.01. The first kappa shape index (κ1) is 19.2. The molecule has 0 saturated carbocycles. The number of aryl methyl sites for hydroxylation is 1. The molecule has 1 N–H and O–H groups in total. The molecule has 1 heterocycles. The number of rotatable bonds is 4. The number of nitriles is 1. The van der Waals surface area contributed by atoms with E-state index in [1.54, 1.807) is 24.3 Å². The van der Waals surface area contributed by atoms with E-state index in [0.717, 1.165) is 36.9 Å². The Morgan fingerprint density at radius 2 is 1.93 bits per heavy atom. The molecule has 2 aromatic rings. The first-order valence-electron chi connectivity index (χ1n) is 9.04. The molecule has 0 radical (unpaired) electrons. The molecule has 0 bridgehead atoms. The van der Waals surface area contributed by atoms with Gasteiger partial charge < -0.3 is 10.2 Å². The van der Waals surface area contributed by atoms with Crippen LogP contribution in [0.5, 0.6) is 0 Å². The molecule has 1 amide bonds. The Labute approximate surface area is 165 Å². The van der Waals surface area contributed by atoms with Crippen molar-refractivity contribution in [1.29, 1.82) is 5.26 Å². The number of anilines is 2. The molecule has 3 rings (SSSR count). The highest BCUT2D eigenvalue weighted by atomic mass is 35.5. The van der Waals surface area contributed by atoms with Crippen molar-refractivity contribution in [2.24, 2.45) is 0 Å². The van der Waals surface area contributed by atoms with Crippen LogP contribution in [0.1, 0.15) is 18.1 Å². The molecule has 27 heavy (non-hydrogen) atoms. The Morgan fingerprint density at radius 1 is 1.19 bits per heavy atom. The van der Waals surface area contributed by atoms with E-state index in [4.69, 9.17) is 16.9 Å². The van der Waals surface area contributed by atoms with Gasteiger partial charge in [-0.15, -0.1) is 0 Å². The van der Waals surface area contributed by atoms with Gasteiger partial charge in [0.25, 0.3) is 0 Å². The van der Waals surface area contributed by atoms with Crippen LogP contribution in [0, 0.1) is 18.3 Å². The number of carbonyl (C=O) groups is 1. The molecule has 5 nitrogen and oxygen atoms in total. The summed E-state index contributed by atoms with van der Waals surface area (Å²) in [6.45, 7) is 7.32. The first-order valence-corrected chi connectivity index (χ1v) is 9.42. The lowest BCUT2D eigenvalue weighted by molar-refractivity contribution is -0.120. The highest BCUT2D eigenvalue weighted by molar-refractivity contribution is 6.30. The molecular formula is C21H23ClN4O. The molecule has 1 atom stereocenters. The van der Waals surface area contributed by atoms with Crippen LogP contribution in [-0.2, 0) is 4.79 Å². The van der Waals surface area contributed by atoms with Crippen molar-refractivity contribution in [3.63, 3.8) is 0 Å². The van der Waals surface area contributed by atoms with E-state index in [1.165, 1.54) is 5.56 Å². The normalized spacial score (nSPS) is 15.9. The van der Waals surface area contributed by atoms with Gasteiger partial charge in [-0.1, -0.05) is 23.7 Å². The van der Waals surface area contributed by atoms with Crippen LogP contribution in [0.2, 0.25) is 5.02 Å². The molecule has 2 aromatic carbocycles. The lowest BCUT2D eigenvalue weighted by Crippen LogP contribution is -2.53. The predicted molar refractivity (Wildman–Crippen MR) is 109 cm³/mol. The maximum Gasteiger partial charge on any atom is 0.241 e. The predicted octanol–water partition coefficient (Wildman–Crippen LogP) is 3.67. The molecule has 0 spiro atoms. The smallest absolute Gasteiger partial charge is 0.241 e. The molecule has 0 unspecified atom stereocenters. The van der Waals surface area contributed by atoms with Gasteiger partial charge in [0.1, 0.15) is 0 Å².